The Kier molecular flexibility index (Phi) is 7.39. The zero-order valence-corrected chi connectivity index (χ0v) is 16.6. The lowest BCUT2D eigenvalue weighted by molar-refractivity contribution is 0.0170. The molecule has 28 heavy (non-hydrogen) atoms. The average Bonchev–Trinajstić information content (AvgIpc) is 2.74. The van der Waals surface area contributed by atoms with Gasteiger partial charge >= 0.3 is 0 Å². The molecule has 1 saturated heterocycles. The van der Waals surface area contributed by atoms with Gasteiger partial charge in [-0.2, -0.15) is 0 Å². The van der Waals surface area contributed by atoms with Gasteiger partial charge in [-0.1, -0.05) is 42.5 Å². The molecular formula is C22H29FN4O. The van der Waals surface area contributed by atoms with Crippen molar-refractivity contribution in [3.63, 3.8) is 0 Å². The largest absolute Gasteiger partial charge is 0.379 e. The van der Waals surface area contributed by atoms with E-state index >= 15 is 0 Å². The van der Waals surface area contributed by atoms with E-state index in [9.17, 15) is 4.39 Å². The Labute approximate surface area is 166 Å². The molecule has 0 radical (unpaired) electrons. The van der Waals surface area contributed by atoms with E-state index in [-0.39, 0.29) is 11.9 Å². The second-order valence-electron chi connectivity index (χ2n) is 6.97. The van der Waals surface area contributed by atoms with Gasteiger partial charge < -0.3 is 15.4 Å². The van der Waals surface area contributed by atoms with Gasteiger partial charge in [0, 0.05) is 33.2 Å². The Morgan fingerprint density at radius 1 is 1.14 bits per heavy atom. The van der Waals surface area contributed by atoms with Crippen LogP contribution in [0.2, 0.25) is 0 Å². The molecule has 3 rings (SSSR count). The Bertz CT molecular complexity index is 775. The summed E-state index contributed by atoms with van der Waals surface area (Å²) in [4.78, 5) is 6.75. The second kappa shape index (κ2) is 10.2. The number of aryl methyl sites for hydroxylation is 1. The predicted octanol–water partition coefficient (Wildman–Crippen LogP) is 2.87. The van der Waals surface area contributed by atoms with E-state index in [1.54, 1.807) is 26.1 Å². The SMILES string of the molecule is CN=C(NCc1ccc(C)c(F)c1)NCC(c1ccccc1)N1CCOCC1. The molecule has 1 aliphatic heterocycles. The van der Waals surface area contributed by atoms with Crippen molar-refractivity contribution in [1.29, 1.82) is 0 Å². The topological polar surface area (TPSA) is 48.9 Å². The van der Waals surface area contributed by atoms with Gasteiger partial charge in [0.05, 0.1) is 19.3 Å². The van der Waals surface area contributed by atoms with Crippen molar-refractivity contribution in [1.82, 2.24) is 15.5 Å². The molecule has 1 fully saturated rings. The second-order valence-corrected chi connectivity index (χ2v) is 6.97. The third-order valence-corrected chi connectivity index (χ3v) is 5.05. The number of benzene rings is 2. The molecule has 2 aromatic rings. The predicted molar refractivity (Wildman–Crippen MR) is 111 cm³/mol. The van der Waals surface area contributed by atoms with E-state index in [1.807, 2.05) is 12.1 Å². The minimum atomic E-state index is -0.182. The number of guanidine groups is 1. The molecule has 6 heteroatoms. The fourth-order valence-electron chi connectivity index (χ4n) is 3.37. The van der Waals surface area contributed by atoms with Gasteiger partial charge in [-0.15, -0.1) is 0 Å². The van der Waals surface area contributed by atoms with Crippen LogP contribution in [0.4, 0.5) is 4.39 Å². The summed E-state index contributed by atoms with van der Waals surface area (Å²) in [6, 6.07) is 16.0. The van der Waals surface area contributed by atoms with Gasteiger partial charge in [-0.25, -0.2) is 4.39 Å². The average molecular weight is 384 g/mol. The lowest BCUT2D eigenvalue weighted by atomic mass is 10.0. The molecule has 0 amide bonds. The van der Waals surface area contributed by atoms with Crippen LogP contribution in [0.25, 0.3) is 0 Å². The van der Waals surface area contributed by atoms with Crippen LogP contribution in [0.5, 0.6) is 0 Å². The summed E-state index contributed by atoms with van der Waals surface area (Å²) >= 11 is 0. The van der Waals surface area contributed by atoms with Crippen molar-refractivity contribution >= 4 is 5.96 Å². The highest BCUT2D eigenvalue weighted by Gasteiger charge is 2.22. The first-order valence-electron chi connectivity index (χ1n) is 9.73. The lowest BCUT2D eigenvalue weighted by Crippen LogP contribution is -2.46. The van der Waals surface area contributed by atoms with Crippen LogP contribution < -0.4 is 10.6 Å². The molecule has 2 N–H and O–H groups in total. The van der Waals surface area contributed by atoms with Gasteiger partial charge in [-0.05, 0) is 29.7 Å². The number of nitrogens with one attached hydrogen (secondary N) is 2. The molecule has 0 aromatic heterocycles. The van der Waals surface area contributed by atoms with Crippen LogP contribution in [0.1, 0.15) is 22.7 Å². The summed E-state index contributed by atoms with van der Waals surface area (Å²) < 4.78 is 19.3. The minimum Gasteiger partial charge on any atom is -0.379 e. The fourth-order valence-corrected chi connectivity index (χ4v) is 3.37. The van der Waals surface area contributed by atoms with Gasteiger partial charge in [0.15, 0.2) is 5.96 Å². The van der Waals surface area contributed by atoms with Crippen molar-refractivity contribution in [2.24, 2.45) is 4.99 Å². The van der Waals surface area contributed by atoms with Crippen LogP contribution in [-0.2, 0) is 11.3 Å². The molecule has 0 saturated carbocycles. The van der Waals surface area contributed by atoms with Crippen molar-refractivity contribution in [2.75, 3.05) is 39.9 Å². The number of ether oxygens (including phenoxy) is 1. The Hall–Kier alpha value is -2.44. The van der Waals surface area contributed by atoms with E-state index in [0.717, 1.165) is 38.4 Å². The molecule has 2 aromatic carbocycles. The molecule has 0 spiro atoms. The molecule has 1 unspecified atom stereocenters. The number of halogens is 1. The zero-order chi connectivity index (χ0) is 19.8. The van der Waals surface area contributed by atoms with Gasteiger partial charge in [0.2, 0.25) is 0 Å². The first-order valence-corrected chi connectivity index (χ1v) is 9.73. The molecule has 0 aliphatic carbocycles. The first-order chi connectivity index (χ1) is 13.7. The molecular weight excluding hydrogens is 355 g/mol. The number of hydrogen-bond acceptors (Lipinski definition) is 3. The van der Waals surface area contributed by atoms with Crippen LogP contribution in [-0.4, -0.2) is 50.8 Å². The number of nitrogens with zero attached hydrogens (tertiary/aromatic N) is 2. The van der Waals surface area contributed by atoms with Gasteiger partial charge in [0.1, 0.15) is 5.82 Å². The van der Waals surface area contributed by atoms with Gasteiger partial charge in [-0.3, -0.25) is 9.89 Å². The summed E-state index contributed by atoms with van der Waals surface area (Å²) in [6.45, 7) is 6.36. The van der Waals surface area contributed by atoms with Crippen molar-refractivity contribution in [3.8, 4) is 0 Å². The smallest absolute Gasteiger partial charge is 0.191 e. The number of aliphatic imine (C=N–C) groups is 1. The third kappa shape index (κ3) is 5.53. The van der Waals surface area contributed by atoms with Crippen LogP contribution >= 0.6 is 0 Å². The van der Waals surface area contributed by atoms with E-state index in [2.05, 4.69) is 44.8 Å². The number of hydrogen-bond donors (Lipinski definition) is 2. The zero-order valence-electron chi connectivity index (χ0n) is 16.6. The fraction of sp³-hybridized carbons (Fsp3) is 0.409. The Morgan fingerprint density at radius 2 is 1.89 bits per heavy atom. The Balaban J connectivity index is 1.61. The lowest BCUT2D eigenvalue weighted by Gasteiger charge is -2.35. The number of rotatable bonds is 6. The molecule has 5 nitrogen and oxygen atoms in total. The maximum Gasteiger partial charge on any atom is 0.191 e. The van der Waals surface area contributed by atoms with E-state index in [1.165, 1.54) is 5.56 Å². The maximum atomic E-state index is 13.7. The molecule has 150 valence electrons. The summed E-state index contributed by atoms with van der Waals surface area (Å²) in [7, 11) is 1.75. The van der Waals surface area contributed by atoms with Crippen molar-refractivity contribution in [2.45, 2.75) is 19.5 Å². The van der Waals surface area contributed by atoms with Crippen molar-refractivity contribution < 1.29 is 9.13 Å². The summed E-state index contributed by atoms with van der Waals surface area (Å²) in [5.74, 6) is 0.522. The standard InChI is InChI=1S/C22H29FN4O/c1-17-8-9-18(14-20(17)23)15-25-22(24-2)26-16-21(19-6-4-3-5-7-19)27-10-12-28-13-11-27/h3-9,14,21H,10-13,15-16H2,1-2H3,(H2,24,25,26). The third-order valence-electron chi connectivity index (χ3n) is 5.05. The van der Waals surface area contributed by atoms with Crippen LogP contribution in [0.3, 0.4) is 0 Å². The quantitative estimate of drug-likeness (QED) is 0.594. The highest BCUT2D eigenvalue weighted by Crippen LogP contribution is 2.21. The highest BCUT2D eigenvalue weighted by molar-refractivity contribution is 5.79. The van der Waals surface area contributed by atoms with Crippen LogP contribution in [0, 0.1) is 12.7 Å². The summed E-state index contributed by atoms with van der Waals surface area (Å²) in [6.07, 6.45) is 0. The molecule has 0 bridgehead atoms. The molecule has 1 aliphatic rings. The Morgan fingerprint density at radius 3 is 2.57 bits per heavy atom. The molecule has 1 heterocycles. The normalized spacial score (nSPS) is 16.6. The van der Waals surface area contributed by atoms with Gasteiger partial charge in [0.25, 0.3) is 0 Å². The maximum absolute atomic E-state index is 13.7. The minimum absolute atomic E-state index is 0.182. The number of morpholine rings is 1. The van der Waals surface area contributed by atoms with Crippen LogP contribution in [0.15, 0.2) is 53.5 Å². The summed E-state index contributed by atoms with van der Waals surface area (Å²) in [5, 5.41) is 6.70. The van der Waals surface area contributed by atoms with E-state index in [0.29, 0.717) is 18.1 Å². The van der Waals surface area contributed by atoms with E-state index < -0.39 is 0 Å². The molecule has 1 atom stereocenters. The highest BCUT2D eigenvalue weighted by atomic mass is 19.1. The van der Waals surface area contributed by atoms with E-state index in [4.69, 9.17) is 4.74 Å². The summed E-state index contributed by atoms with van der Waals surface area (Å²) in [5.41, 5.74) is 2.81. The van der Waals surface area contributed by atoms with Crippen molar-refractivity contribution in [3.05, 3.63) is 71.0 Å². The monoisotopic (exact) mass is 384 g/mol. The first kappa shape index (κ1) is 20.3.